The molecule has 2 heterocycles. The summed E-state index contributed by atoms with van der Waals surface area (Å²) in [5.41, 5.74) is 9.18. The molecule has 1 aliphatic rings. The van der Waals surface area contributed by atoms with E-state index in [1.54, 1.807) is 19.1 Å². The van der Waals surface area contributed by atoms with Crippen molar-refractivity contribution in [3.63, 3.8) is 0 Å². The first kappa shape index (κ1) is 26.5. The van der Waals surface area contributed by atoms with E-state index < -0.39 is 27.2 Å². The highest BCUT2D eigenvalue weighted by Crippen LogP contribution is 2.33. The third kappa shape index (κ3) is 5.41. The van der Waals surface area contributed by atoms with Crippen molar-refractivity contribution in [2.45, 2.75) is 19.1 Å². The zero-order chi connectivity index (χ0) is 28.1. The first-order valence-corrected chi connectivity index (χ1v) is 14.0. The maximum atomic E-state index is 14.5. The van der Waals surface area contributed by atoms with Gasteiger partial charge in [-0.3, -0.25) is 4.79 Å². The van der Waals surface area contributed by atoms with Gasteiger partial charge in [0.1, 0.15) is 17.5 Å². The molecule has 0 saturated carbocycles. The number of nitrogen functional groups attached to an aromatic ring is 1. The standard InChI is InChI=1S/C27H21ClF2N4O4S/c1-14-5-25(38-24-10-19(29)3-4-21(24)28)32-12-23(14)34-27(31)20(11-33-34)26(35)17-6-15-8-18(13-39(2,36)37)22(30)9-16(15)7-17/h3-5,7-12H,6,13,31H2,1-2H3. The number of hydrogen-bond donors (Lipinski definition) is 1. The zero-order valence-corrected chi connectivity index (χ0v) is 22.3. The van der Waals surface area contributed by atoms with Gasteiger partial charge in [-0.1, -0.05) is 17.7 Å². The minimum Gasteiger partial charge on any atom is -0.437 e. The molecule has 2 aromatic heterocycles. The Kier molecular flexibility index (Phi) is 6.73. The van der Waals surface area contributed by atoms with Crippen molar-refractivity contribution in [2.24, 2.45) is 0 Å². The highest BCUT2D eigenvalue weighted by Gasteiger charge is 2.26. The van der Waals surface area contributed by atoms with E-state index in [0.29, 0.717) is 28.0 Å². The quantitative estimate of drug-likeness (QED) is 0.302. The van der Waals surface area contributed by atoms with Crippen LogP contribution in [0.5, 0.6) is 11.6 Å². The number of Topliss-reactive ketones (excluding diaryl/α,β-unsaturated/α-hetero) is 1. The summed E-state index contributed by atoms with van der Waals surface area (Å²) in [6.07, 6.45) is 5.59. The topological polar surface area (TPSA) is 117 Å². The van der Waals surface area contributed by atoms with Crippen molar-refractivity contribution in [3.8, 4) is 17.3 Å². The number of pyridine rings is 1. The van der Waals surface area contributed by atoms with E-state index in [0.717, 1.165) is 12.3 Å². The van der Waals surface area contributed by atoms with Gasteiger partial charge in [0.15, 0.2) is 21.4 Å². The first-order valence-electron chi connectivity index (χ1n) is 11.6. The minimum absolute atomic E-state index is 0.0563. The molecule has 4 aromatic rings. The summed E-state index contributed by atoms with van der Waals surface area (Å²) in [5, 5.41) is 4.48. The molecule has 1 aliphatic carbocycles. The van der Waals surface area contributed by atoms with Gasteiger partial charge in [-0.25, -0.2) is 26.9 Å². The fourth-order valence-electron chi connectivity index (χ4n) is 4.32. The van der Waals surface area contributed by atoms with E-state index in [2.05, 4.69) is 10.1 Å². The Morgan fingerprint density at radius 3 is 2.67 bits per heavy atom. The van der Waals surface area contributed by atoms with Crippen LogP contribution in [0.15, 0.2) is 54.4 Å². The summed E-state index contributed by atoms with van der Waals surface area (Å²) < 4.78 is 58.2. The van der Waals surface area contributed by atoms with Crippen LogP contribution in [0.2, 0.25) is 5.02 Å². The van der Waals surface area contributed by atoms with E-state index in [1.807, 2.05) is 0 Å². The average Bonchev–Trinajstić information content (AvgIpc) is 3.43. The number of ether oxygens (including phenoxy) is 1. The number of ketones is 1. The normalized spacial score (nSPS) is 12.8. The van der Waals surface area contributed by atoms with Gasteiger partial charge in [0.25, 0.3) is 0 Å². The Balaban J connectivity index is 1.38. The number of hydrogen-bond acceptors (Lipinski definition) is 7. The van der Waals surface area contributed by atoms with E-state index in [9.17, 15) is 22.0 Å². The van der Waals surface area contributed by atoms with Crippen molar-refractivity contribution in [1.82, 2.24) is 14.8 Å². The number of anilines is 1. The van der Waals surface area contributed by atoms with Crippen LogP contribution < -0.4 is 10.5 Å². The SMILES string of the molecule is Cc1cc(Oc2cc(F)ccc2Cl)ncc1-n1ncc(C(=O)C2=Cc3cc(F)c(CS(C)(=O)=O)cc3C2)c1N. The van der Waals surface area contributed by atoms with Crippen molar-refractivity contribution in [1.29, 1.82) is 0 Å². The average molecular weight is 571 g/mol. The van der Waals surface area contributed by atoms with E-state index >= 15 is 0 Å². The molecular formula is C27H21ClF2N4O4S. The molecule has 2 aromatic carbocycles. The molecule has 0 atom stereocenters. The first-order chi connectivity index (χ1) is 18.4. The molecule has 8 nitrogen and oxygen atoms in total. The molecule has 0 unspecified atom stereocenters. The lowest BCUT2D eigenvalue weighted by Crippen LogP contribution is -2.09. The number of halogens is 3. The van der Waals surface area contributed by atoms with E-state index in [1.165, 1.54) is 41.3 Å². The maximum absolute atomic E-state index is 14.5. The summed E-state index contributed by atoms with van der Waals surface area (Å²) in [6.45, 7) is 1.76. The number of aryl methyl sites for hydroxylation is 1. The highest BCUT2D eigenvalue weighted by atomic mass is 35.5. The second-order valence-corrected chi connectivity index (χ2v) is 11.8. The van der Waals surface area contributed by atoms with Crippen LogP contribution in [0.1, 0.15) is 32.6 Å². The molecule has 0 fully saturated rings. The number of nitrogens with two attached hydrogens (primary N) is 1. The summed E-state index contributed by atoms with van der Waals surface area (Å²) >= 11 is 6.06. The van der Waals surface area contributed by atoms with Crippen LogP contribution in [-0.2, 0) is 22.0 Å². The number of carbonyl (C=O) groups excluding carboxylic acids is 1. The molecular weight excluding hydrogens is 550 g/mol. The summed E-state index contributed by atoms with van der Waals surface area (Å²) in [5.74, 6) is -1.62. The van der Waals surface area contributed by atoms with Gasteiger partial charge in [-0.15, -0.1) is 0 Å². The van der Waals surface area contributed by atoms with Crippen LogP contribution >= 0.6 is 11.6 Å². The molecule has 12 heteroatoms. The molecule has 5 rings (SSSR count). The largest absolute Gasteiger partial charge is 0.437 e. The fraction of sp³-hybridized carbons (Fsp3) is 0.148. The number of aromatic nitrogens is 3. The number of fused-ring (bicyclic) bond motifs is 1. The molecule has 0 aliphatic heterocycles. The highest BCUT2D eigenvalue weighted by molar-refractivity contribution is 7.89. The van der Waals surface area contributed by atoms with E-state index in [4.69, 9.17) is 22.1 Å². The minimum atomic E-state index is -3.43. The Hall–Kier alpha value is -4.09. The van der Waals surface area contributed by atoms with Gasteiger partial charge in [0.05, 0.1) is 34.4 Å². The molecule has 0 radical (unpaired) electrons. The Morgan fingerprint density at radius 2 is 1.95 bits per heavy atom. The Labute approximate surface area is 227 Å². The molecule has 2 N–H and O–H groups in total. The fourth-order valence-corrected chi connectivity index (χ4v) is 5.26. The van der Waals surface area contributed by atoms with Crippen molar-refractivity contribution < 1.29 is 26.7 Å². The Morgan fingerprint density at radius 1 is 1.18 bits per heavy atom. The molecule has 0 amide bonds. The number of rotatable bonds is 7. The second-order valence-electron chi connectivity index (χ2n) is 9.23. The molecule has 200 valence electrons. The zero-order valence-electron chi connectivity index (χ0n) is 20.7. The van der Waals surface area contributed by atoms with Crippen LogP contribution in [0.3, 0.4) is 0 Å². The van der Waals surface area contributed by atoms with Gasteiger partial charge in [-0.2, -0.15) is 5.10 Å². The van der Waals surface area contributed by atoms with Gasteiger partial charge < -0.3 is 10.5 Å². The number of benzene rings is 2. The summed E-state index contributed by atoms with van der Waals surface area (Å²) in [4.78, 5) is 17.5. The van der Waals surface area contributed by atoms with Gasteiger partial charge in [-0.05, 0) is 47.9 Å². The number of carbonyl (C=O) groups is 1. The van der Waals surface area contributed by atoms with Crippen molar-refractivity contribution in [2.75, 3.05) is 12.0 Å². The van der Waals surface area contributed by atoms with Crippen molar-refractivity contribution >= 4 is 39.1 Å². The summed E-state index contributed by atoms with van der Waals surface area (Å²) in [6, 6.07) is 8.04. The van der Waals surface area contributed by atoms with Crippen molar-refractivity contribution in [3.05, 3.63) is 98.8 Å². The second kappa shape index (κ2) is 9.90. The van der Waals surface area contributed by atoms with Crippen LogP contribution in [0.25, 0.3) is 11.8 Å². The molecule has 0 saturated heterocycles. The Bertz CT molecular complexity index is 1800. The third-order valence-electron chi connectivity index (χ3n) is 6.17. The van der Waals surface area contributed by atoms with Crippen LogP contribution in [0.4, 0.5) is 14.6 Å². The number of nitrogens with zero attached hydrogens (tertiary/aromatic N) is 3. The lowest BCUT2D eigenvalue weighted by atomic mass is 10.0. The maximum Gasteiger partial charge on any atom is 0.219 e. The summed E-state index contributed by atoms with van der Waals surface area (Å²) in [7, 11) is -3.43. The van der Waals surface area contributed by atoms with Gasteiger partial charge in [0, 0.05) is 35.9 Å². The van der Waals surface area contributed by atoms with Crippen LogP contribution in [0, 0.1) is 18.6 Å². The molecule has 39 heavy (non-hydrogen) atoms. The van der Waals surface area contributed by atoms with Crippen LogP contribution in [-0.4, -0.2) is 35.2 Å². The predicted octanol–water partition coefficient (Wildman–Crippen LogP) is 5.25. The third-order valence-corrected chi connectivity index (χ3v) is 7.32. The predicted molar refractivity (Wildman–Crippen MR) is 143 cm³/mol. The van der Waals surface area contributed by atoms with Gasteiger partial charge >= 0.3 is 0 Å². The van der Waals surface area contributed by atoms with E-state index in [-0.39, 0.29) is 45.8 Å². The number of allylic oxidation sites excluding steroid dienone is 1. The number of sulfone groups is 1. The monoisotopic (exact) mass is 570 g/mol. The lowest BCUT2D eigenvalue weighted by Gasteiger charge is -2.11. The lowest BCUT2D eigenvalue weighted by molar-refractivity contribution is 0.103. The molecule has 0 bridgehead atoms. The van der Waals surface area contributed by atoms with Gasteiger partial charge in [0.2, 0.25) is 5.88 Å². The smallest absolute Gasteiger partial charge is 0.219 e. The molecule has 0 spiro atoms.